The molecule has 1 unspecified atom stereocenters. The average molecular weight is 367 g/mol. The number of hydrogen-bond acceptors (Lipinski definition) is 3. The van der Waals surface area contributed by atoms with Crippen molar-refractivity contribution in [2.45, 2.75) is 36.2 Å². The minimum atomic E-state index is -1.34. The number of rotatable bonds is 2. The summed E-state index contributed by atoms with van der Waals surface area (Å²) in [5.41, 5.74) is -0.638. The molecule has 19 heavy (non-hydrogen) atoms. The molecule has 4 nitrogen and oxygen atoms in total. The topological polar surface area (TPSA) is 53.4 Å². The Kier molecular flexibility index (Phi) is 3.93. The molecule has 0 saturated carbocycles. The van der Waals surface area contributed by atoms with Crippen LogP contribution in [-0.2, 0) is 10.4 Å². The van der Waals surface area contributed by atoms with Gasteiger partial charge in [0.15, 0.2) is 0 Å². The Morgan fingerprint density at radius 3 is 2.68 bits per heavy atom. The van der Waals surface area contributed by atoms with Crippen LogP contribution in [0.5, 0.6) is 0 Å². The Bertz CT molecular complexity index is 498. The van der Waals surface area contributed by atoms with Gasteiger partial charge in [-0.1, -0.05) is 0 Å². The summed E-state index contributed by atoms with van der Waals surface area (Å²) in [6.45, 7) is 7.26. The number of amides is 1. The van der Waals surface area contributed by atoms with Crippen molar-refractivity contribution in [2.75, 3.05) is 13.6 Å². The van der Waals surface area contributed by atoms with Crippen LogP contribution < -0.4 is 3.71 Å². The zero-order chi connectivity index (χ0) is 14.3. The van der Waals surface area contributed by atoms with Crippen molar-refractivity contribution in [2.24, 2.45) is 0 Å². The van der Waals surface area contributed by atoms with Crippen molar-refractivity contribution in [3.63, 3.8) is 0 Å². The van der Waals surface area contributed by atoms with E-state index in [0.29, 0.717) is 22.0 Å². The molecule has 1 saturated heterocycles. The molecular formula is C14H20N2O2Sn. The van der Waals surface area contributed by atoms with Crippen LogP contribution in [0.3, 0.4) is 0 Å². The van der Waals surface area contributed by atoms with Crippen molar-refractivity contribution in [1.82, 2.24) is 9.88 Å². The van der Waals surface area contributed by atoms with Gasteiger partial charge in [-0.05, 0) is 0 Å². The molecule has 1 aromatic rings. The molecular weight excluding hydrogens is 347 g/mol. The number of aromatic nitrogens is 1. The van der Waals surface area contributed by atoms with Crippen LogP contribution in [0.15, 0.2) is 18.3 Å². The maximum atomic E-state index is 12.1. The summed E-state index contributed by atoms with van der Waals surface area (Å²) < 4.78 is 1.39. The third-order valence-electron chi connectivity index (χ3n) is 3.25. The van der Waals surface area contributed by atoms with E-state index in [-0.39, 0.29) is 5.91 Å². The van der Waals surface area contributed by atoms with Gasteiger partial charge in [0.05, 0.1) is 0 Å². The molecule has 1 N–H and O–H groups in total. The zero-order valence-corrected chi connectivity index (χ0v) is 14.8. The van der Waals surface area contributed by atoms with Gasteiger partial charge in [0.1, 0.15) is 0 Å². The predicted octanol–water partition coefficient (Wildman–Crippen LogP) is 0.679. The van der Waals surface area contributed by atoms with Crippen LogP contribution in [0.25, 0.3) is 0 Å². The first-order valence-corrected chi connectivity index (χ1v) is 9.30. The molecule has 0 bridgehead atoms. The first kappa shape index (κ1) is 14.8. The minimum absolute atomic E-state index is 0.203. The molecule has 1 fully saturated rings. The summed E-state index contributed by atoms with van der Waals surface area (Å²) in [7, 11) is 1.73. The molecule has 0 aromatic carbocycles. The fourth-order valence-electron chi connectivity index (χ4n) is 2.26. The Morgan fingerprint density at radius 1 is 1.47 bits per heavy atom. The summed E-state index contributed by atoms with van der Waals surface area (Å²) in [5.74, 6) is -0.203. The van der Waals surface area contributed by atoms with E-state index in [2.05, 4.69) is 25.8 Å². The average Bonchev–Trinajstić information content (AvgIpc) is 2.57. The van der Waals surface area contributed by atoms with Crippen molar-refractivity contribution in [3.05, 3.63) is 23.9 Å². The van der Waals surface area contributed by atoms with Gasteiger partial charge in [0.25, 0.3) is 0 Å². The van der Waals surface area contributed by atoms with Gasteiger partial charge in [-0.15, -0.1) is 0 Å². The monoisotopic (exact) mass is 368 g/mol. The number of carbonyl (C=O) groups is 1. The molecule has 0 spiro atoms. The molecule has 1 aliphatic heterocycles. The summed E-state index contributed by atoms with van der Waals surface area (Å²) in [6.07, 6.45) is 2.19. The number of nitrogens with zero attached hydrogens (tertiary/aromatic N) is 2. The summed E-state index contributed by atoms with van der Waals surface area (Å²) >= 11 is -0.826. The Hall–Kier alpha value is -0.621. The summed E-state index contributed by atoms with van der Waals surface area (Å²) in [4.78, 5) is 18.1. The second-order valence-electron chi connectivity index (χ2n) is 6.14. The maximum absolute atomic E-state index is 12.1. The number of carbonyl (C=O) groups excluding carboxylic acids is 1. The van der Waals surface area contributed by atoms with Gasteiger partial charge in [-0.3, -0.25) is 0 Å². The van der Waals surface area contributed by atoms with Crippen molar-refractivity contribution >= 4 is 30.8 Å². The number of hydrogen-bond donors (Lipinski definition) is 1. The molecule has 0 aliphatic carbocycles. The van der Waals surface area contributed by atoms with Gasteiger partial charge in [-0.25, -0.2) is 0 Å². The molecule has 1 aromatic heterocycles. The molecule has 1 atom stereocenters. The number of pyridine rings is 1. The van der Waals surface area contributed by atoms with E-state index in [9.17, 15) is 9.90 Å². The Morgan fingerprint density at radius 2 is 2.16 bits per heavy atom. The van der Waals surface area contributed by atoms with Gasteiger partial charge >= 0.3 is 124 Å². The second kappa shape index (κ2) is 5.05. The van der Waals surface area contributed by atoms with E-state index in [0.717, 1.165) is 3.71 Å². The fourth-order valence-corrected chi connectivity index (χ4v) is 5.50. The van der Waals surface area contributed by atoms with Crippen LogP contribution in [0.1, 0.15) is 32.8 Å². The third kappa shape index (κ3) is 3.11. The second-order valence-corrected chi connectivity index (χ2v) is 12.6. The van der Waals surface area contributed by atoms with Crippen molar-refractivity contribution in [1.29, 1.82) is 0 Å². The molecule has 2 radical (unpaired) electrons. The standard InChI is InChI=1S/C10H11N2O2.C4H9.Sn/c1-12-7-4-10(14,9(12)13)8-2-5-11-6-3-8;1-4(2)3;/h2-3,5,14H,4,7H2,1H3;1-3H3;. The van der Waals surface area contributed by atoms with E-state index >= 15 is 0 Å². The zero-order valence-electron chi connectivity index (χ0n) is 11.9. The number of likely N-dealkylation sites (tertiary alicyclic amines) is 1. The first-order chi connectivity index (χ1) is 8.72. The quantitative estimate of drug-likeness (QED) is 0.783. The predicted molar refractivity (Wildman–Crippen MR) is 75.5 cm³/mol. The molecule has 2 heterocycles. The normalized spacial score (nSPS) is 24.1. The molecule has 1 aliphatic rings. The van der Waals surface area contributed by atoms with Crippen molar-refractivity contribution in [3.8, 4) is 0 Å². The van der Waals surface area contributed by atoms with Crippen LogP contribution >= 0.6 is 0 Å². The van der Waals surface area contributed by atoms with Gasteiger partial charge < -0.3 is 0 Å². The van der Waals surface area contributed by atoms with Crippen LogP contribution in [0, 0.1) is 0 Å². The first-order valence-electron chi connectivity index (χ1n) is 6.45. The van der Waals surface area contributed by atoms with Crippen LogP contribution in [-0.4, -0.2) is 55.6 Å². The van der Waals surface area contributed by atoms with E-state index in [4.69, 9.17) is 0 Å². The molecule has 5 heteroatoms. The fraction of sp³-hybridized carbons (Fsp3) is 0.571. The van der Waals surface area contributed by atoms with E-state index in [1.807, 2.05) is 6.07 Å². The van der Waals surface area contributed by atoms with Gasteiger partial charge in [0.2, 0.25) is 0 Å². The molecule has 1 amide bonds. The Balaban J connectivity index is 2.31. The third-order valence-corrected chi connectivity index (χ3v) is 6.90. The SMILES string of the molecule is CN1CCC(O)(c2ccn[c]([Sn][C](C)(C)C)c2)C1=O. The van der Waals surface area contributed by atoms with E-state index in [1.54, 1.807) is 24.2 Å². The molecule has 102 valence electrons. The Labute approximate surface area is 124 Å². The molecule has 2 rings (SSSR count). The summed E-state index contributed by atoms with van der Waals surface area (Å²) in [6, 6.07) is 3.71. The number of aliphatic hydroxyl groups is 1. The van der Waals surface area contributed by atoms with E-state index < -0.39 is 26.7 Å². The van der Waals surface area contributed by atoms with Gasteiger partial charge in [-0.2, -0.15) is 0 Å². The van der Waals surface area contributed by atoms with Crippen LogP contribution in [0.2, 0.25) is 3.43 Å². The van der Waals surface area contributed by atoms with Gasteiger partial charge in [0, 0.05) is 0 Å². The number of likely N-dealkylation sites (N-methyl/N-ethyl adjacent to an activating group) is 1. The summed E-state index contributed by atoms with van der Waals surface area (Å²) in [5, 5.41) is 10.6. The van der Waals surface area contributed by atoms with E-state index in [1.165, 1.54) is 0 Å². The van der Waals surface area contributed by atoms with Crippen LogP contribution in [0.4, 0.5) is 0 Å². The van der Waals surface area contributed by atoms with Crippen molar-refractivity contribution < 1.29 is 9.90 Å².